The second-order valence-corrected chi connectivity index (χ2v) is 5.42. The highest BCUT2D eigenvalue weighted by Crippen LogP contribution is 2.25. The zero-order valence-electron chi connectivity index (χ0n) is 10.6. The molecule has 2 rings (SSSR count). The van der Waals surface area contributed by atoms with Crippen LogP contribution in [0.3, 0.4) is 0 Å². The van der Waals surface area contributed by atoms with E-state index in [9.17, 15) is 0 Å². The Morgan fingerprint density at radius 3 is 1.31 bits per heavy atom. The Balaban J connectivity index is 1.66. The van der Waals surface area contributed by atoms with Gasteiger partial charge in [0.1, 0.15) is 0 Å². The molecule has 0 spiro atoms. The second-order valence-electron chi connectivity index (χ2n) is 5.42. The minimum atomic E-state index is 1.29. The first-order valence-corrected chi connectivity index (χ1v) is 7.31. The minimum Gasteiger partial charge on any atom is -0.0850 e. The first-order valence-electron chi connectivity index (χ1n) is 7.31. The lowest BCUT2D eigenvalue weighted by atomic mass is 9.92. The van der Waals surface area contributed by atoms with Crippen LogP contribution in [-0.4, -0.2) is 0 Å². The third-order valence-corrected chi connectivity index (χ3v) is 4.02. The molecule has 0 aromatic carbocycles. The molecule has 2 fully saturated rings. The molecule has 0 saturated heterocycles. The fourth-order valence-electron chi connectivity index (χ4n) is 2.99. The van der Waals surface area contributed by atoms with E-state index in [-0.39, 0.29) is 0 Å². The molecule has 0 bridgehead atoms. The molecule has 2 aliphatic rings. The maximum absolute atomic E-state index is 2.53. The summed E-state index contributed by atoms with van der Waals surface area (Å²) >= 11 is 0. The molecule has 0 heteroatoms. The molecule has 0 aromatic rings. The van der Waals surface area contributed by atoms with Gasteiger partial charge in [-0.2, -0.15) is 0 Å². The molecule has 2 aliphatic carbocycles. The summed E-state index contributed by atoms with van der Waals surface area (Å²) in [4.78, 5) is 0. The van der Waals surface area contributed by atoms with Gasteiger partial charge in [-0.05, 0) is 64.2 Å². The zero-order chi connectivity index (χ0) is 11.1. The molecular formula is C16H26. The molecule has 90 valence electrons. The molecule has 0 heterocycles. The van der Waals surface area contributed by atoms with Crippen LogP contribution in [0.5, 0.6) is 0 Å². The van der Waals surface area contributed by atoms with Gasteiger partial charge in [-0.3, -0.25) is 0 Å². The minimum absolute atomic E-state index is 1.29. The molecule has 0 radical (unpaired) electrons. The van der Waals surface area contributed by atoms with Gasteiger partial charge in [0.15, 0.2) is 0 Å². The number of hydrogen-bond donors (Lipinski definition) is 0. The summed E-state index contributed by atoms with van der Waals surface area (Å²) in [5, 5.41) is 0. The smallest absolute Gasteiger partial charge is 0.0313 e. The summed E-state index contributed by atoms with van der Waals surface area (Å²) in [5.74, 6) is 0. The van der Waals surface area contributed by atoms with Crippen molar-refractivity contribution in [2.24, 2.45) is 0 Å². The van der Waals surface area contributed by atoms with Crippen LogP contribution in [0.2, 0.25) is 0 Å². The fraction of sp³-hybridized carbons (Fsp3) is 0.750. The van der Waals surface area contributed by atoms with E-state index in [1.807, 2.05) is 0 Å². The molecule has 0 amide bonds. The van der Waals surface area contributed by atoms with Crippen LogP contribution in [0.15, 0.2) is 23.3 Å². The normalized spacial score (nSPS) is 22.0. The van der Waals surface area contributed by atoms with E-state index in [0.29, 0.717) is 0 Å². The largest absolute Gasteiger partial charge is 0.0850 e. The van der Waals surface area contributed by atoms with Crippen molar-refractivity contribution in [2.75, 3.05) is 0 Å². The van der Waals surface area contributed by atoms with Gasteiger partial charge >= 0.3 is 0 Å². The van der Waals surface area contributed by atoms with Crippen molar-refractivity contribution in [3.8, 4) is 0 Å². The SMILES string of the molecule is C(CCC=C1CCCCC1)=C1CCCCC1. The van der Waals surface area contributed by atoms with Gasteiger partial charge in [0.05, 0.1) is 0 Å². The Bertz CT molecular complexity index is 213. The Hall–Kier alpha value is -0.520. The van der Waals surface area contributed by atoms with Crippen molar-refractivity contribution in [1.82, 2.24) is 0 Å². The summed E-state index contributed by atoms with van der Waals surface area (Å²) in [6.07, 6.45) is 21.8. The second kappa shape index (κ2) is 6.93. The Morgan fingerprint density at radius 1 is 0.562 bits per heavy atom. The summed E-state index contributed by atoms with van der Waals surface area (Å²) < 4.78 is 0. The van der Waals surface area contributed by atoms with Crippen molar-refractivity contribution in [3.63, 3.8) is 0 Å². The van der Waals surface area contributed by atoms with E-state index >= 15 is 0 Å². The van der Waals surface area contributed by atoms with Crippen molar-refractivity contribution < 1.29 is 0 Å². The molecule has 0 N–H and O–H groups in total. The summed E-state index contributed by atoms with van der Waals surface area (Å²) in [5.41, 5.74) is 3.49. The van der Waals surface area contributed by atoms with Crippen molar-refractivity contribution in [3.05, 3.63) is 23.3 Å². The van der Waals surface area contributed by atoms with Crippen LogP contribution >= 0.6 is 0 Å². The van der Waals surface area contributed by atoms with Gasteiger partial charge in [0, 0.05) is 0 Å². The summed E-state index contributed by atoms with van der Waals surface area (Å²) in [6.45, 7) is 0. The lowest BCUT2D eigenvalue weighted by Crippen LogP contribution is -1.94. The maximum Gasteiger partial charge on any atom is -0.0313 e. The first-order chi connectivity index (χ1) is 7.95. The highest BCUT2D eigenvalue weighted by atomic mass is 14.1. The lowest BCUT2D eigenvalue weighted by molar-refractivity contribution is 0.593. The van der Waals surface area contributed by atoms with Gasteiger partial charge in [-0.15, -0.1) is 0 Å². The molecule has 0 nitrogen and oxygen atoms in total. The van der Waals surface area contributed by atoms with Crippen LogP contribution in [0.25, 0.3) is 0 Å². The molecule has 0 aliphatic heterocycles. The highest BCUT2D eigenvalue weighted by molar-refractivity contribution is 5.07. The molecule has 2 saturated carbocycles. The van der Waals surface area contributed by atoms with Gasteiger partial charge in [0.25, 0.3) is 0 Å². The topological polar surface area (TPSA) is 0 Å². The Kier molecular flexibility index (Phi) is 5.18. The molecular weight excluding hydrogens is 192 g/mol. The monoisotopic (exact) mass is 218 g/mol. The summed E-state index contributed by atoms with van der Waals surface area (Å²) in [6, 6.07) is 0. The third kappa shape index (κ3) is 4.15. The summed E-state index contributed by atoms with van der Waals surface area (Å²) in [7, 11) is 0. The molecule has 0 atom stereocenters. The molecule has 0 aromatic heterocycles. The van der Waals surface area contributed by atoms with E-state index in [1.54, 1.807) is 11.1 Å². The van der Waals surface area contributed by atoms with Gasteiger partial charge < -0.3 is 0 Å². The average Bonchev–Trinajstić information content (AvgIpc) is 2.37. The van der Waals surface area contributed by atoms with Crippen LogP contribution < -0.4 is 0 Å². The van der Waals surface area contributed by atoms with E-state index in [2.05, 4.69) is 12.2 Å². The highest BCUT2D eigenvalue weighted by Gasteiger charge is 2.05. The standard InChI is InChI=1S/C16H26/c1-3-9-15(10-4-1)13-7-8-14-16-11-5-2-6-12-16/h13-14H,1-12H2. The number of rotatable bonds is 3. The van der Waals surface area contributed by atoms with Gasteiger partial charge in [0.2, 0.25) is 0 Å². The van der Waals surface area contributed by atoms with Crippen LogP contribution in [0, 0.1) is 0 Å². The first kappa shape index (κ1) is 12.0. The van der Waals surface area contributed by atoms with Crippen molar-refractivity contribution in [1.29, 1.82) is 0 Å². The van der Waals surface area contributed by atoms with Crippen LogP contribution in [-0.2, 0) is 0 Å². The molecule has 0 unspecified atom stereocenters. The van der Waals surface area contributed by atoms with Gasteiger partial charge in [-0.25, -0.2) is 0 Å². The third-order valence-electron chi connectivity index (χ3n) is 4.02. The predicted molar refractivity (Wildman–Crippen MR) is 71.6 cm³/mol. The van der Waals surface area contributed by atoms with E-state index in [4.69, 9.17) is 0 Å². The van der Waals surface area contributed by atoms with E-state index in [0.717, 1.165) is 0 Å². The quantitative estimate of drug-likeness (QED) is 0.430. The Labute approximate surface area is 101 Å². The van der Waals surface area contributed by atoms with Crippen LogP contribution in [0.1, 0.15) is 77.0 Å². The van der Waals surface area contributed by atoms with E-state index < -0.39 is 0 Å². The maximum atomic E-state index is 2.53. The van der Waals surface area contributed by atoms with Crippen LogP contribution in [0.4, 0.5) is 0 Å². The van der Waals surface area contributed by atoms with Crippen molar-refractivity contribution in [2.45, 2.75) is 77.0 Å². The molecule has 16 heavy (non-hydrogen) atoms. The number of unbranched alkanes of at least 4 members (excludes halogenated alkanes) is 1. The van der Waals surface area contributed by atoms with E-state index in [1.165, 1.54) is 77.0 Å². The average molecular weight is 218 g/mol. The van der Waals surface area contributed by atoms with Gasteiger partial charge in [-0.1, -0.05) is 36.1 Å². The fourth-order valence-corrected chi connectivity index (χ4v) is 2.99. The van der Waals surface area contributed by atoms with Crippen molar-refractivity contribution >= 4 is 0 Å². The Morgan fingerprint density at radius 2 is 0.938 bits per heavy atom. The zero-order valence-corrected chi connectivity index (χ0v) is 10.6. The lowest BCUT2D eigenvalue weighted by Gasteiger charge is -2.14. The predicted octanol–water partition coefficient (Wildman–Crippen LogP) is 5.55. The number of allylic oxidation sites excluding steroid dienone is 4. The number of hydrogen-bond acceptors (Lipinski definition) is 0.